The van der Waals surface area contributed by atoms with Crippen molar-refractivity contribution in [3.8, 4) is 0 Å². The zero-order chi connectivity index (χ0) is 14.5. The number of carbonyl (C=O) groups is 2. The van der Waals surface area contributed by atoms with Crippen LogP contribution in [0.3, 0.4) is 0 Å². The number of piperidine rings is 1. The molecule has 0 saturated carbocycles. The van der Waals surface area contributed by atoms with Gasteiger partial charge in [-0.25, -0.2) is 0 Å². The van der Waals surface area contributed by atoms with Gasteiger partial charge >= 0.3 is 0 Å². The molecule has 0 aromatic heterocycles. The average Bonchev–Trinajstić information content (AvgIpc) is 2.44. The van der Waals surface area contributed by atoms with Gasteiger partial charge in [-0.05, 0) is 12.0 Å². The van der Waals surface area contributed by atoms with Gasteiger partial charge in [-0.15, -0.1) is 0 Å². The second-order valence-electron chi connectivity index (χ2n) is 5.30. The van der Waals surface area contributed by atoms with Crippen LogP contribution >= 0.6 is 0 Å². The molecule has 2 unspecified atom stereocenters. The van der Waals surface area contributed by atoms with Crippen molar-refractivity contribution < 1.29 is 9.59 Å². The lowest BCUT2D eigenvalue weighted by Crippen LogP contribution is -2.48. The fourth-order valence-corrected chi connectivity index (χ4v) is 2.43. The lowest BCUT2D eigenvalue weighted by atomic mass is 10.0. The van der Waals surface area contributed by atoms with Crippen molar-refractivity contribution in [2.45, 2.75) is 31.3 Å². The molecule has 5 heteroatoms. The monoisotopic (exact) mass is 275 g/mol. The third-order valence-corrected chi connectivity index (χ3v) is 3.62. The minimum atomic E-state index is -0.292. The molecule has 2 amide bonds. The average molecular weight is 275 g/mol. The third-order valence-electron chi connectivity index (χ3n) is 3.62. The number of rotatable bonds is 4. The number of nitrogens with zero attached hydrogens (tertiary/aromatic N) is 1. The summed E-state index contributed by atoms with van der Waals surface area (Å²) in [6.45, 7) is 0.575. The molecule has 108 valence electrons. The fraction of sp³-hybridized carbons (Fsp3) is 0.467. The second-order valence-corrected chi connectivity index (χ2v) is 5.30. The highest BCUT2D eigenvalue weighted by Crippen LogP contribution is 2.14. The van der Waals surface area contributed by atoms with Crippen LogP contribution in [-0.2, 0) is 9.59 Å². The van der Waals surface area contributed by atoms with E-state index in [0.717, 1.165) is 5.56 Å². The van der Waals surface area contributed by atoms with E-state index in [1.54, 1.807) is 11.9 Å². The summed E-state index contributed by atoms with van der Waals surface area (Å²) >= 11 is 0. The van der Waals surface area contributed by atoms with E-state index in [-0.39, 0.29) is 30.3 Å². The molecule has 0 spiro atoms. The van der Waals surface area contributed by atoms with E-state index in [0.29, 0.717) is 19.4 Å². The zero-order valence-electron chi connectivity index (χ0n) is 11.7. The first kappa shape index (κ1) is 14.5. The van der Waals surface area contributed by atoms with Crippen LogP contribution < -0.4 is 11.1 Å². The Labute approximate surface area is 119 Å². The van der Waals surface area contributed by atoms with Crippen molar-refractivity contribution in [3.63, 3.8) is 0 Å². The molecule has 1 fully saturated rings. The van der Waals surface area contributed by atoms with Crippen LogP contribution in [0.25, 0.3) is 0 Å². The van der Waals surface area contributed by atoms with Gasteiger partial charge in [0.2, 0.25) is 11.8 Å². The first-order valence-corrected chi connectivity index (χ1v) is 6.90. The molecule has 20 heavy (non-hydrogen) atoms. The highest BCUT2D eigenvalue weighted by Gasteiger charge is 2.24. The Morgan fingerprint density at radius 1 is 1.45 bits per heavy atom. The maximum Gasteiger partial charge on any atom is 0.222 e. The van der Waals surface area contributed by atoms with Gasteiger partial charge in [0.25, 0.3) is 0 Å². The lowest BCUT2D eigenvalue weighted by Gasteiger charge is -2.30. The Kier molecular flexibility index (Phi) is 4.74. The fourth-order valence-electron chi connectivity index (χ4n) is 2.43. The molecule has 2 atom stereocenters. The van der Waals surface area contributed by atoms with E-state index in [1.165, 1.54) is 0 Å². The highest BCUT2D eigenvalue weighted by atomic mass is 16.2. The van der Waals surface area contributed by atoms with Crippen LogP contribution in [0.1, 0.15) is 30.9 Å². The normalized spacial score (nSPS) is 20.6. The number of nitrogens with one attached hydrogen (secondary N) is 1. The number of amides is 2. The predicted octanol–water partition coefficient (Wildman–Crippen LogP) is 0.814. The van der Waals surface area contributed by atoms with Crippen molar-refractivity contribution in [2.24, 2.45) is 5.73 Å². The van der Waals surface area contributed by atoms with Gasteiger partial charge in [0.1, 0.15) is 0 Å². The van der Waals surface area contributed by atoms with Crippen molar-refractivity contribution in [1.29, 1.82) is 0 Å². The summed E-state index contributed by atoms with van der Waals surface area (Å²) in [4.78, 5) is 25.0. The SMILES string of the molecule is CN1CC(NC(=O)CC(N)c2ccccc2)CCC1=O. The Balaban J connectivity index is 1.82. The molecule has 1 aromatic carbocycles. The zero-order valence-corrected chi connectivity index (χ0v) is 11.7. The maximum atomic E-state index is 12.0. The second kappa shape index (κ2) is 6.52. The summed E-state index contributed by atoms with van der Waals surface area (Å²) in [7, 11) is 1.76. The minimum Gasteiger partial charge on any atom is -0.352 e. The lowest BCUT2D eigenvalue weighted by molar-refractivity contribution is -0.134. The van der Waals surface area contributed by atoms with Crippen LogP contribution in [0.15, 0.2) is 30.3 Å². The quantitative estimate of drug-likeness (QED) is 0.854. The third kappa shape index (κ3) is 3.81. The van der Waals surface area contributed by atoms with Gasteiger partial charge in [-0.3, -0.25) is 9.59 Å². The molecule has 1 saturated heterocycles. The van der Waals surface area contributed by atoms with Gasteiger partial charge < -0.3 is 16.0 Å². The Bertz CT molecular complexity index is 475. The van der Waals surface area contributed by atoms with E-state index in [1.807, 2.05) is 30.3 Å². The van der Waals surface area contributed by atoms with Crippen molar-refractivity contribution in [1.82, 2.24) is 10.2 Å². The summed E-state index contributed by atoms with van der Waals surface area (Å²) < 4.78 is 0. The number of nitrogens with two attached hydrogens (primary N) is 1. The van der Waals surface area contributed by atoms with E-state index < -0.39 is 0 Å². The summed E-state index contributed by atoms with van der Waals surface area (Å²) in [6.07, 6.45) is 1.46. The molecule has 3 N–H and O–H groups in total. The van der Waals surface area contributed by atoms with E-state index in [4.69, 9.17) is 5.73 Å². The summed E-state index contributed by atoms with van der Waals surface area (Å²) in [6, 6.07) is 9.33. The first-order chi connectivity index (χ1) is 9.56. The molecule has 1 heterocycles. The number of likely N-dealkylation sites (N-methyl/N-ethyl adjacent to an activating group) is 1. The molecule has 0 aliphatic carbocycles. The van der Waals surface area contributed by atoms with Gasteiger partial charge in [0.05, 0.1) is 0 Å². The van der Waals surface area contributed by atoms with Crippen LogP contribution in [0, 0.1) is 0 Å². The molecular formula is C15H21N3O2. The van der Waals surface area contributed by atoms with Gasteiger partial charge in [0.15, 0.2) is 0 Å². The van der Waals surface area contributed by atoms with E-state index in [9.17, 15) is 9.59 Å². The molecule has 1 aliphatic heterocycles. The van der Waals surface area contributed by atoms with E-state index in [2.05, 4.69) is 5.32 Å². The van der Waals surface area contributed by atoms with Crippen LogP contribution in [-0.4, -0.2) is 36.3 Å². The largest absolute Gasteiger partial charge is 0.352 e. The van der Waals surface area contributed by atoms with Crippen LogP contribution in [0.5, 0.6) is 0 Å². The Morgan fingerprint density at radius 3 is 2.80 bits per heavy atom. The molecular weight excluding hydrogens is 254 g/mol. The van der Waals surface area contributed by atoms with Crippen molar-refractivity contribution in [3.05, 3.63) is 35.9 Å². The molecule has 1 aromatic rings. The smallest absolute Gasteiger partial charge is 0.222 e. The molecule has 0 radical (unpaired) electrons. The predicted molar refractivity (Wildman–Crippen MR) is 76.8 cm³/mol. The molecule has 0 bridgehead atoms. The molecule has 5 nitrogen and oxygen atoms in total. The number of hydrogen-bond donors (Lipinski definition) is 2. The molecule has 2 rings (SSSR count). The minimum absolute atomic E-state index is 0.0353. The number of hydrogen-bond acceptors (Lipinski definition) is 3. The van der Waals surface area contributed by atoms with Crippen molar-refractivity contribution in [2.75, 3.05) is 13.6 Å². The Morgan fingerprint density at radius 2 is 2.15 bits per heavy atom. The van der Waals surface area contributed by atoms with Gasteiger partial charge in [-0.1, -0.05) is 30.3 Å². The topological polar surface area (TPSA) is 75.4 Å². The van der Waals surface area contributed by atoms with Crippen molar-refractivity contribution >= 4 is 11.8 Å². The standard InChI is InChI=1S/C15H21N3O2/c1-18-10-12(7-8-15(18)20)17-14(19)9-13(16)11-5-3-2-4-6-11/h2-6,12-13H,7-10,16H2,1H3,(H,17,19). The summed E-state index contributed by atoms with van der Waals surface area (Å²) in [5.74, 6) is 0.0746. The molecule has 1 aliphatic rings. The highest BCUT2D eigenvalue weighted by molar-refractivity contribution is 5.79. The summed E-state index contributed by atoms with van der Waals surface area (Å²) in [5.41, 5.74) is 6.98. The number of carbonyl (C=O) groups excluding carboxylic acids is 2. The number of likely N-dealkylation sites (tertiary alicyclic amines) is 1. The van der Waals surface area contributed by atoms with Gasteiger partial charge in [0, 0.05) is 38.5 Å². The van der Waals surface area contributed by atoms with Gasteiger partial charge in [-0.2, -0.15) is 0 Å². The number of benzene rings is 1. The Hall–Kier alpha value is -1.88. The first-order valence-electron chi connectivity index (χ1n) is 6.90. The maximum absolute atomic E-state index is 12.0. The summed E-state index contributed by atoms with van der Waals surface area (Å²) in [5, 5.41) is 2.96. The van der Waals surface area contributed by atoms with E-state index >= 15 is 0 Å². The van der Waals surface area contributed by atoms with Crippen LogP contribution in [0.2, 0.25) is 0 Å². The van der Waals surface area contributed by atoms with Crippen LogP contribution in [0.4, 0.5) is 0 Å².